The zero-order chi connectivity index (χ0) is 15.3. The summed E-state index contributed by atoms with van der Waals surface area (Å²) in [5, 5.41) is 4.07. The molecule has 0 aliphatic carbocycles. The molecule has 2 N–H and O–H groups in total. The highest BCUT2D eigenvalue weighted by Crippen LogP contribution is 2.18. The molecule has 0 aliphatic rings. The SMILES string of the molecule is CCN(Cc1ccco1)S(=O)(=O)c1cnn(CCCN)c1. The number of hydrogen-bond acceptors (Lipinski definition) is 5. The Balaban J connectivity index is 2.16. The molecule has 0 bridgehead atoms. The molecule has 0 saturated carbocycles. The van der Waals surface area contributed by atoms with E-state index in [1.54, 1.807) is 23.7 Å². The zero-order valence-corrected chi connectivity index (χ0v) is 12.8. The lowest BCUT2D eigenvalue weighted by atomic mass is 10.4. The Kier molecular flexibility index (Phi) is 5.16. The Morgan fingerprint density at radius 1 is 1.48 bits per heavy atom. The van der Waals surface area contributed by atoms with E-state index in [1.165, 1.54) is 23.0 Å². The number of nitrogens with two attached hydrogens (primary N) is 1. The first kappa shape index (κ1) is 15.7. The Hall–Kier alpha value is -1.64. The summed E-state index contributed by atoms with van der Waals surface area (Å²) in [5.41, 5.74) is 5.44. The molecule has 116 valence electrons. The summed E-state index contributed by atoms with van der Waals surface area (Å²) in [5.74, 6) is 0.607. The van der Waals surface area contributed by atoms with Gasteiger partial charge in [0, 0.05) is 19.3 Å². The fraction of sp³-hybridized carbons (Fsp3) is 0.462. The maximum absolute atomic E-state index is 12.6. The van der Waals surface area contributed by atoms with Crippen LogP contribution in [0.4, 0.5) is 0 Å². The summed E-state index contributed by atoms with van der Waals surface area (Å²) in [6.45, 7) is 3.51. The van der Waals surface area contributed by atoms with Gasteiger partial charge in [-0.05, 0) is 25.1 Å². The first-order chi connectivity index (χ1) is 10.1. The summed E-state index contributed by atoms with van der Waals surface area (Å²) in [6, 6.07) is 3.49. The van der Waals surface area contributed by atoms with Crippen molar-refractivity contribution in [1.29, 1.82) is 0 Å². The summed E-state index contributed by atoms with van der Waals surface area (Å²) >= 11 is 0. The highest BCUT2D eigenvalue weighted by Gasteiger charge is 2.25. The van der Waals surface area contributed by atoms with Gasteiger partial charge in [-0.15, -0.1) is 0 Å². The third kappa shape index (κ3) is 3.72. The highest BCUT2D eigenvalue weighted by atomic mass is 32.2. The van der Waals surface area contributed by atoms with Crippen molar-refractivity contribution in [2.45, 2.75) is 31.3 Å². The summed E-state index contributed by atoms with van der Waals surface area (Å²) in [7, 11) is -3.57. The van der Waals surface area contributed by atoms with Gasteiger partial charge in [0.15, 0.2) is 0 Å². The molecule has 2 heterocycles. The molecular formula is C13H20N4O3S. The quantitative estimate of drug-likeness (QED) is 0.786. The molecule has 2 aromatic heterocycles. The van der Waals surface area contributed by atoms with Crippen LogP contribution >= 0.6 is 0 Å². The first-order valence-electron chi connectivity index (χ1n) is 6.83. The van der Waals surface area contributed by atoms with Crippen LogP contribution in [0.3, 0.4) is 0 Å². The van der Waals surface area contributed by atoms with Crippen LogP contribution in [-0.2, 0) is 23.1 Å². The fourth-order valence-electron chi connectivity index (χ4n) is 1.95. The van der Waals surface area contributed by atoms with Gasteiger partial charge in [0.05, 0.1) is 19.0 Å². The predicted octanol–water partition coefficient (Wildman–Crippen LogP) is 1.04. The van der Waals surface area contributed by atoms with E-state index in [0.29, 0.717) is 25.4 Å². The molecule has 0 spiro atoms. The van der Waals surface area contributed by atoms with E-state index < -0.39 is 10.0 Å². The van der Waals surface area contributed by atoms with Crippen LogP contribution in [0.15, 0.2) is 40.1 Å². The molecule has 0 atom stereocenters. The van der Waals surface area contributed by atoms with Crippen molar-refractivity contribution in [2.24, 2.45) is 5.73 Å². The van der Waals surface area contributed by atoms with E-state index in [1.807, 2.05) is 0 Å². The van der Waals surface area contributed by atoms with Crippen molar-refractivity contribution in [3.05, 3.63) is 36.5 Å². The van der Waals surface area contributed by atoms with E-state index in [2.05, 4.69) is 5.10 Å². The van der Waals surface area contributed by atoms with Crippen LogP contribution in [0.5, 0.6) is 0 Å². The number of aromatic nitrogens is 2. The van der Waals surface area contributed by atoms with Crippen molar-refractivity contribution in [3.8, 4) is 0 Å². The number of furan rings is 1. The molecule has 7 nitrogen and oxygen atoms in total. The molecular weight excluding hydrogens is 292 g/mol. The third-order valence-electron chi connectivity index (χ3n) is 3.10. The summed E-state index contributed by atoms with van der Waals surface area (Å²) in [4.78, 5) is 0.188. The highest BCUT2D eigenvalue weighted by molar-refractivity contribution is 7.89. The van der Waals surface area contributed by atoms with Crippen LogP contribution in [0.25, 0.3) is 0 Å². The van der Waals surface area contributed by atoms with Gasteiger partial charge in [0.2, 0.25) is 10.0 Å². The second-order valence-electron chi connectivity index (χ2n) is 4.59. The number of aryl methyl sites for hydroxylation is 1. The molecule has 0 unspecified atom stereocenters. The van der Waals surface area contributed by atoms with Crippen LogP contribution in [0.2, 0.25) is 0 Å². The zero-order valence-electron chi connectivity index (χ0n) is 12.0. The van der Waals surface area contributed by atoms with E-state index in [-0.39, 0.29) is 11.4 Å². The van der Waals surface area contributed by atoms with Crippen molar-refractivity contribution in [2.75, 3.05) is 13.1 Å². The molecule has 2 rings (SSSR count). The lowest BCUT2D eigenvalue weighted by Crippen LogP contribution is -2.30. The topological polar surface area (TPSA) is 94.4 Å². The van der Waals surface area contributed by atoms with Crippen LogP contribution < -0.4 is 5.73 Å². The number of nitrogens with zero attached hydrogens (tertiary/aromatic N) is 3. The predicted molar refractivity (Wildman–Crippen MR) is 77.9 cm³/mol. The van der Waals surface area contributed by atoms with Crippen molar-refractivity contribution >= 4 is 10.0 Å². The van der Waals surface area contributed by atoms with Crippen LogP contribution in [0.1, 0.15) is 19.1 Å². The molecule has 0 radical (unpaired) electrons. The van der Waals surface area contributed by atoms with Gasteiger partial charge < -0.3 is 10.2 Å². The molecule has 0 fully saturated rings. The van der Waals surface area contributed by atoms with Crippen LogP contribution in [-0.4, -0.2) is 35.6 Å². The second kappa shape index (κ2) is 6.88. The average Bonchev–Trinajstić information content (AvgIpc) is 3.13. The first-order valence-corrected chi connectivity index (χ1v) is 8.27. The number of hydrogen-bond donors (Lipinski definition) is 1. The lowest BCUT2D eigenvalue weighted by molar-refractivity contribution is 0.375. The van der Waals surface area contributed by atoms with Crippen molar-refractivity contribution in [1.82, 2.24) is 14.1 Å². The number of rotatable bonds is 8. The Morgan fingerprint density at radius 3 is 2.90 bits per heavy atom. The Morgan fingerprint density at radius 2 is 2.29 bits per heavy atom. The number of sulfonamides is 1. The van der Waals surface area contributed by atoms with E-state index in [0.717, 1.165) is 6.42 Å². The Bertz CT molecular complexity index is 649. The fourth-order valence-corrected chi connectivity index (χ4v) is 3.32. The van der Waals surface area contributed by atoms with Gasteiger partial charge in [-0.1, -0.05) is 6.92 Å². The van der Waals surface area contributed by atoms with Gasteiger partial charge in [-0.3, -0.25) is 4.68 Å². The average molecular weight is 312 g/mol. The molecule has 8 heteroatoms. The minimum absolute atomic E-state index is 0.188. The second-order valence-corrected chi connectivity index (χ2v) is 6.53. The third-order valence-corrected chi connectivity index (χ3v) is 4.98. The van der Waals surface area contributed by atoms with E-state index in [4.69, 9.17) is 10.2 Å². The normalized spacial score (nSPS) is 12.1. The molecule has 0 aromatic carbocycles. The van der Waals surface area contributed by atoms with Crippen molar-refractivity contribution < 1.29 is 12.8 Å². The minimum atomic E-state index is -3.57. The standard InChI is InChI=1S/C13H20N4O3S/c1-2-17(10-12-5-3-8-20-12)21(18,19)13-9-15-16(11-13)7-4-6-14/h3,5,8-9,11H,2,4,6-7,10,14H2,1H3. The van der Waals surface area contributed by atoms with Gasteiger partial charge in [0.25, 0.3) is 0 Å². The lowest BCUT2D eigenvalue weighted by Gasteiger charge is -2.18. The van der Waals surface area contributed by atoms with Gasteiger partial charge in [-0.25, -0.2) is 8.42 Å². The summed E-state index contributed by atoms with van der Waals surface area (Å²) < 4.78 is 33.3. The summed E-state index contributed by atoms with van der Waals surface area (Å²) in [6.07, 6.45) is 5.19. The van der Waals surface area contributed by atoms with Crippen molar-refractivity contribution in [3.63, 3.8) is 0 Å². The van der Waals surface area contributed by atoms with Crippen LogP contribution in [0, 0.1) is 0 Å². The van der Waals surface area contributed by atoms with E-state index >= 15 is 0 Å². The molecule has 21 heavy (non-hydrogen) atoms. The molecule has 0 amide bonds. The van der Waals surface area contributed by atoms with Gasteiger partial charge in [-0.2, -0.15) is 9.40 Å². The Labute approximate surface area is 124 Å². The largest absolute Gasteiger partial charge is 0.468 e. The minimum Gasteiger partial charge on any atom is -0.468 e. The molecule has 2 aromatic rings. The maximum atomic E-state index is 12.6. The monoisotopic (exact) mass is 312 g/mol. The molecule has 0 aliphatic heterocycles. The van der Waals surface area contributed by atoms with Gasteiger partial charge in [0.1, 0.15) is 10.7 Å². The smallest absolute Gasteiger partial charge is 0.246 e. The van der Waals surface area contributed by atoms with E-state index in [9.17, 15) is 8.42 Å². The molecule has 0 saturated heterocycles. The maximum Gasteiger partial charge on any atom is 0.246 e. The van der Waals surface area contributed by atoms with Gasteiger partial charge >= 0.3 is 0 Å².